The summed E-state index contributed by atoms with van der Waals surface area (Å²) in [4.78, 5) is 0. The van der Waals surface area contributed by atoms with Gasteiger partial charge in [0.25, 0.3) is 0 Å². The third-order valence-electron chi connectivity index (χ3n) is 2.35. The van der Waals surface area contributed by atoms with E-state index in [9.17, 15) is 13.2 Å². The van der Waals surface area contributed by atoms with Crippen molar-refractivity contribution in [2.45, 2.75) is 0 Å². The maximum Gasteiger partial charge on any atom is 0.136 e. The molecule has 5 heteroatoms. The number of nitrogens with two attached hydrogens (primary N) is 2. The smallest absolute Gasteiger partial charge is 0.136 e. The van der Waals surface area contributed by atoms with Crippen molar-refractivity contribution in [2.75, 3.05) is 11.5 Å². The summed E-state index contributed by atoms with van der Waals surface area (Å²) in [6.07, 6.45) is 0. The molecule has 0 aliphatic heterocycles. The monoisotopic (exact) mass is 238 g/mol. The SMILES string of the molecule is Nc1ccc(N)c(-c2c(F)cc(F)cc2F)c1. The third-order valence-corrected chi connectivity index (χ3v) is 2.35. The van der Waals surface area contributed by atoms with E-state index >= 15 is 0 Å². The third kappa shape index (κ3) is 2.04. The van der Waals surface area contributed by atoms with Gasteiger partial charge >= 0.3 is 0 Å². The first-order valence-electron chi connectivity index (χ1n) is 4.79. The van der Waals surface area contributed by atoms with Crippen molar-refractivity contribution in [1.29, 1.82) is 0 Å². The zero-order valence-electron chi connectivity index (χ0n) is 8.68. The number of hydrogen-bond acceptors (Lipinski definition) is 2. The lowest BCUT2D eigenvalue weighted by molar-refractivity contribution is 0.548. The van der Waals surface area contributed by atoms with Crippen LogP contribution in [-0.2, 0) is 0 Å². The van der Waals surface area contributed by atoms with E-state index in [0.29, 0.717) is 17.8 Å². The summed E-state index contributed by atoms with van der Waals surface area (Å²) in [5, 5.41) is 0. The van der Waals surface area contributed by atoms with Crippen molar-refractivity contribution >= 4 is 11.4 Å². The van der Waals surface area contributed by atoms with Crippen molar-refractivity contribution in [3.8, 4) is 11.1 Å². The van der Waals surface area contributed by atoms with Crippen LogP contribution in [0.5, 0.6) is 0 Å². The molecule has 4 N–H and O–H groups in total. The summed E-state index contributed by atoms with van der Waals surface area (Å²) in [6.45, 7) is 0. The number of rotatable bonds is 1. The molecule has 0 spiro atoms. The first-order chi connectivity index (χ1) is 7.99. The van der Waals surface area contributed by atoms with Gasteiger partial charge in [0, 0.05) is 29.1 Å². The molecule has 17 heavy (non-hydrogen) atoms. The summed E-state index contributed by atoms with van der Waals surface area (Å²) in [5.74, 6) is -3.01. The van der Waals surface area contributed by atoms with E-state index in [4.69, 9.17) is 11.5 Å². The molecule has 0 saturated carbocycles. The summed E-state index contributed by atoms with van der Waals surface area (Å²) in [5.41, 5.74) is 11.4. The summed E-state index contributed by atoms with van der Waals surface area (Å²) >= 11 is 0. The van der Waals surface area contributed by atoms with Gasteiger partial charge in [-0.15, -0.1) is 0 Å². The minimum atomic E-state index is -1.01. The molecule has 0 aliphatic carbocycles. The highest BCUT2D eigenvalue weighted by Gasteiger charge is 2.15. The second kappa shape index (κ2) is 4.01. The first-order valence-corrected chi connectivity index (χ1v) is 4.79. The maximum absolute atomic E-state index is 13.5. The van der Waals surface area contributed by atoms with Crippen LogP contribution in [0.4, 0.5) is 24.5 Å². The van der Waals surface area contributed by atoms with Crippen LogP contribution in [0.2, 0.25) is 0 Å². The number of halogens is 3. The molecule has 2 aromatic rings. The van der Waals surface area contributed by atoms with Gasteiger partial charge in [-0.2, -0.15) is 0 Å². The van der Waals surface area contributed by atoms with Crippen molar-refractivity contribution < 1.29 is 13.2 Å². The summed E-state index contributed by atoms with van der Waals surface area (Å²) in [7, 11) is 0. The van der Waals surface area contributed by atoms with Gasteiger partial charge in [-0.3, -0.25) is 0 Å². The van der Waals surface area contributed by atoms with Crippen molar-refractivity contribution in [3.05, 3.63) is 47.8 Å². The van der Waals surface area contributed by atoms with Crippen molar-refractivity contribution in [3.63, 3.8) is 0 Å². The van der Waals surface area contributed by atoms with Gasteiger partial charge in [0.15, 0.2) is 0 Å². The number of hydrogen-bond donors (Lipinski definition) is 2. The van der Waals surface area contributed by atoms with E-state index in [0.717, 1.165) is 0 Å². The van der Waals surface area contributed by atoms with E-state index in [1.807, 2.05) is 0 Å². The Morgan fingerprint density at radius 1 is 0.824 bits per heavy atom. The number of benzene rings is 2. The van der Waals surface area contributed by atoms with Gasteiger partial charge in [0.1, 0.15) is 17.5 Å². The molecule has 0 aliphatic rings. The van der Waals surface area contributed by atoms with Crippen LogP contribution in [0.25, 0.3) is 11.1 Å². The molecule has 0 aromatic heterocycles. The highest BCUT2D eigenvalue weighted by molar-refractivity contribution is 5.79. The standard InChI is InChI=1S/C12H9F3N2/c13-6-3-9(14)12(10(15)4-6)8-5-7(16)1-2-11(8)17/h1-5H,16-17H2. The van der Waals surface area contributed by atoms with E-state index in [1.165, 1.54) is 18.2 Å². The highest BCUT2D eigenvalue weighted by Crippen LogP contribution is 2.32. The van der Waals surface area contributed by atoms with E-state index in [-0.39, 0.29) is 16.8 Å². The second-order valence-corrected chi connectivity index (χ2v) is 3.59. The number of nitrogen functional groups attached to an aromatic ring is 2. The van der Waals surface area contributed by atoms with Crippen LogP contribution < -0.4 is 11.5 Å². The molecule has 0 amide bonds. The van der Waals surface area contributed by atoms with Gasteiger partial charge in [0.05, 0.1) is 5.56 Å². The van der Waals surface area contributed by atoms with Crippen molar-refractivity contribution in [1.82, 2.24) is 0 Å². The predicted octanol–water partition coefficient (Wildman–Crippen LogP) is 2.94. The fourth-order valence-electron chi connectivity index (χ4n) is 1.59. The molecule has 2 nitrogen and oxygen atoms in total. The van der Waals surface area contributed by atoms with Crippen LogP contribution in [0, 0.1) is 17.5 Å². The fourth-order valence-corrected chi connectivity index (χ4v) is 1.59. The zero-order valence-corrected chi connectivity index (χ0v) is 8.68. The van der Waals surface area contributed by atoms with E-state index in [1.54, 1.807) is 0 Å². The van der Waals surface area contributed by atoms with Crippen molar-refractivity contribution in [2.24, 2.45) is 0 Å². The lowest BCUT2D eigenvalue weighted by Crippen LogP contribution is -1.98. The topological polar surface area (TPSA) is 52.0 Å². The zero-order chi connectivity index (χ0) is 12.6. The number of anilines is 2. The average molecular weight is 238 g/mol. The molecule has 2 rings (SSSR count). The fraction of sp³-hybridized carbons (Fsp3) is 0. The van der Waals surface area contributed by atoms with Crippen LogP contribution in [0.3, 0.4) is 0 Å². The minimum absolute atomic E-state index is 0.111. The van der Waals surface area contributed by atoms with Crippen LogP contribution >= 0.6 is 0 Å². The average Bonchev–Trinajstić information content (AvgIpc) is 2.21. The lowest BCUT2D eigenvalue weighted by atomic mass is 10.0. The molecule has 2 aromatic carbocycles. The maximum atomic E-state index is 13.5. The molecule has 88 valence electrons. The Morgan fingerprint density at radius 2 is 1.41 bits per heavy atom. The molecule has 0 atom stereocenters. The Kier molecular flexibility index (Phi) is 2.67. The lowest BCUT2D eigenvalue weighted by Gasteiger charge is -2.09. The first kappa shape index (κ1) is 11.3. The van der Waals surface area contributed by atoms with Crippen LogP contribution in [-0.4, -0.2) is 0 Å². The Hall–Kier alpha value is -2.17. The Morgan fingerprint density at radius 3 is 2.00 bits per heavy atom. The molecule has 0 fully saturated rings. The molecule has 0 radical (unpaired) electrons. The van der Waals surface area contributed by atoms with E-state index in [2.05, 4.69) is 0 Å². The molecule has 0 bridgehead atoms. The van der Waals surface area contributed by atoms with Gasteiger partial charge in [-0.1, -0.05) is 0 Å². The minimum Gasteiger partial charge on any atom is -0.399 e. The van der Waals surface area contributed by atoms with Gasteiger partial charge in [-0.05, 0) is 18.2 Å². The van der Waals surface area contributed by atoms with Gasteiger partial charge in [-0.25, -0.2) is 13.2 Å². The normalized spacial score (nSPS) is 10.5. The van der Waals surface area contributed by atoms with E-state index < -0.39 is 17.5 Å². The Balaban J connectivity index is 2.72. The van der Waals surface area contributed by atoms with Gasteiger partial charge in [0.2, 0.25) is 0 Å². The van der Waals surface area contributed by atoms with Crippen LogP contribution in [0.1, 0.15) is 0 Å². The largest absolute Gasteiger partial charge is 0.399 e. The predicted molar refractivity (Wildman–Crippen MR) is 60.6 cm³/mol. The summed E-state index contributed by atoms with van der Waals surface area (Å²) in [6, 6.07) is 5.49. The molecular formula is C12H9F3N2. The Labute approximate surface area is 95.7 Å². The Bertz CT molecular complexity index is 559. The van der Waals surface area contributed by atoms with Crippen LogP contribution in [0.15, 0.2) is 30.3 Å². The summed E-state index contributed by atoms with van der Waals surface area (Å²) < 4.78 is 39.8. The second-order valence-electron chi connectivity index (χ2n) is 3.59. The molecular weight excluding hydrogens is 229 g/mol. The molecule has 0 unspecified atom stereocenters. The quantitative estimate of drug-likeness (QED) is 0.750. The molecule has 0 saturated heterocycles. The van der Waals surface area contributed by atoms with Gasteiger partial charge < -0.3 is 11.5 Å². The molecule has 0 heterocycles. The highest BCUT2D eigenvalue weighted by atomic mass is 19.1.